The van der Waals surface area contributed by atoms with Gasteiger partial charge in [-0.05, 0) is 17.3 Å². The van der Waals surface area contributed by atoms with E-state index in [0.717, 1.165) is 12.2 Å². The van der Waals surface area contributed by atoms with E-state index in [1.807, 2.05) is 0 Å². The summed E-state index contributed by atoms with van der Waals surface area (Å²) in [5.41, 5.74) is -0.0232. The van der Waals surface area contributed by atoms with Crippen LogP contribution in [0.2, 0.25) is 0 Å². The van der Waals surface area contributed by atoms with Gasteiger partial charge in [-0.1, -0.05) is 6.58 Å². The van der Waals surface area contributed by atoms with E-state index in [4.69, 9.17) is 10.2 Å². The van der Waals surface area contributed by atoms with Crippen LogP contribution in [0.15, 0.2) is 41.4 Å². The molecule has 2 N–H and O–H groups in total. The van der Waals surface area contributed by atoms with Crippen molar-refractivity contribution in [3.63, 3.8) is 0 Å². The van der Waals surface area contributed by atoms with E-state index >= 15 is 0 Å². The molecule has 0 amide bonds. The van der Waals surface area contributed by atoms with Gasteiger partial charge in [0.25, 0.3) is 0 Å². The topological polar surface area (TPSA) is 69.9 Å². The standard InChI is InChI=1S/C7H9NO3/c1-2-7(10)5-6(8-11)3-4-9/h2-3,5,9-10H,1,4H2/b6-3+,7-5+. The lowest BCUT2D eigenvalue weighted by atomic mass is 10.3. The summed E-state index contributed by atoms with van der Waals surface area (Å²) in [4.78, 5) is 9.93. The summed E-state index contributed by atoms with van der Waals surface area (Å²) in [5, 5.41) is 19.7. The lowest BCUT2D eigenvalue weighted by Gasteiger charge is -1.89. The number of nitrogens with zero attached hydrogens (tertiary/aromatic N) is 1. The molecule has 60 valence electrons. The quantitative estimate of drug-likeness (QED) is 0.364. The zero-order chi connectivity index (χ0) is 8.69. The highest BCUT2D eigenvalue weighted by atomic mass is 16.3. The van der Waals surface area contributed by atoms with Crippen LogP contribution in [0.3, 0.4) is 0 Å². The Morgan fingerprint density at radius 3 is 2.64 bits per heavy atom. The molecular weight excluding hydrogens is 146 g/mol. The van der Waals surface area contributed by atoms with Crippen molar-refractivity contribution in [2.24, 2.45) is 5.18 Å². The first-order valence-corrected chi connectivity index (χ1v) is 2.92. The molecule has 0 bridgehead atoms. The fourth-order valence-corrected chi connectivity index (χ4v) is 0.427. The molecule has 4 heteroatoms. The Balaban J connectivity index is 4.41. The number of hydrogen-bond acceptors (Lipinski definition) is 4. The van der Waals surface area contributed by atoms with Gasteiger partial charge in [0.15, 0.2) is 0 Å². The van der Waals surface area contributed by atoms with Crippen LogP contribution in [0.25, 0.3) is 0 Å². The highest BCUT2D eigenvalue weighted by Crippen LogP contribution is 2.01. The molecular formula is C7H9NO3. The zero-order valence-corrected chi connectivity index (χ0v) is 5.90. The summed E-state index contributed by atoms with van der Waals surface area (Å²) in [6.45, 7) is 2.97. The van der Waals surface area contributed by atoms with Gasteiger partial charge >= 0.3 is 0 Å². The predicted octanol–water partition coefficient (Wildman–Crippen LogP) is 1.26. The molecule has 11 heavy (non-hydrogen) atoms. The van der Waals surface area contributed by atoms with E-state index in [1.165, 1.54) is 6.08 Å². The molecule has 0 aliphatic rings. The highest BCUT2D eigenvalue weighted by Gasteiger charge is 1.91. The summed E-state index contributed by atoms with van der Waals surface area (Å²) in [6, 6.07) is 0. The smallest absolute Gasteiger partial charge is 0.117 e. The minimum atomic E-state index is -0.290. The Labute approximate surface area is 64.1 Å². The van der Waals surface area contributed by atoms with Gasteiger partial charge in [-0.25, -0.2) is 0 Å². The number of aliphatic hydroxyl groups is 2. The molecule has 0 fully saturated rings. The third kappa shape index (κ3) is 4.05. The molecule has 0 heterocycles. The average molecular weight is 155 g/mol. The third-order valence-corrected chi connectivity index (χ3v) is 0.911. The van der Waals surface area contributed by atoms with Crippen molar-refractivity contribution in [2.75, 3.05) is 6.61 Å². The number of aliphatic hydroxyl groups excluding tert-OH is 2. The fraction of sp³-hybridized carbons (Fsp3) is 0.143. The van der Waals surface area contributed by atoms with Crippen LogP contribution in [0.1, 0.15) is 0 Å². The Bertz CT molecular complexity index is 206. The first kappa shape index (κ1) is 9.58. The minimum Gasteiger partial charge on any atom is -0.508 e. The van der Waals surface area contributed by atoms with Crippen LogP contribution in [-0.4, -0.2) is 16.8 Å². The van der Waals surface area contributed by atoms with Crippen LogP contribution in [0.4, 0.5) is 0 Å². The first-order valence-electron chi connectivity index (χ1n) is 2.92. The van der Waals surface area contributed by atoms with Gasteiger partial charge in [0.1, 0.15) is 11.5 Å². The van der Waals surface area contributed by atoms with Gasteiger partial charge in [0.05, 0.1) is 6.61 Å². The molecule has 0 aromatic rings. The van der Waals surface area contributed by atoms with Crippen LogP contribution < -0.4 is 0 Å². The second-order valence-electron chi connectivity index (χ2n) is 1.68. The van der Waals surface area contributed by atoms with Gasteiger partial charge in [-0.15, -0.1) is 4.91 Å². The van der Waals surface area contributed by atoms with Crippen molar-refractivity contribution in [3.8, 4) is 0 Å². The summed E-state index contributed by atoms with van der Waals surface area (Å²) < 4.78 is 0. The molecule has 0 aromatic carbocycles. The molecule has 0 aliphatic carbocycles. The highest BCUT2D eigenvalue weighted by molar-refractivity contribution is 5.23. The van der Waals surface area contributed by atoms with Crippen molar-refractivity contribution in [3.05, 3.63) is 41.2 Å². The molecule has 0 aromatic heterocycles. The molecule has 0 radical (unpaired) electrons. The van der Waals surface area contributed by atoms with Crippen LogP contribution >= 0.6 is 0 Å². The second kappa shape index (κ2) is 5.37. The molecule has 4 nitrogen and oxygen atoms in total. The van der Waals surface area contributed by atoms with Gasteiger partial charge < -0.3 is 10.2 Å². The molecule has 0 saturated carbocycles. The summed E-state index contributed by atoms with van der Waals surface area (Å²) in [6.07, 6.45) is 3.44. The second-order valence-corrected chi connectivity index (χ2v) is 1.68. The molecule has 0 saturated heterocycles. The Hall–Kier alpha value is -1.42. The van der Waals surface area contributed by atoms with E-state index in [-0.39, 0.29) is 18.1 Å². The first-order chi connectivity index (χ1) is 5.24. The van der Waals surface area contributed by atoms with Gasteiger partial charge in [0, 0.05) is 6.08 Å². The van der Waals surface area contributed by atoms with Gasteiger partial charge in [-0.2, -0.15) is 0 Å². The van der Waals surface area contributed by atoms with Gasteiger partial charge in [0.2, 0.25) is 0 Å². The number of hydrogen-bond donors (Lipinski definition) is 2. The molecule has 0 unspecified atom stereocenters. The number of nitroso groups, excluding NO2 is 1. The van der Waals surface area contributed by atoms with E-state index in [0.29, 0.717) is 0 Å². The SMILES string of the molecule is C=C/C(O)=C\C(=C/CO)N=O. The van der Waals surface area contributed by atoms with Gasteiger partial charge in [-0.3, -0.25) is 0 Å². The van der Waals surface area contributed by atoms with Crippen LogP contribution in [0, 0.1) is 4.91 Å². The summed E-state index contributed by atoms with van der Waals surface area (Å²) in [5.74, 6) is -0.163. The lowest BCUT2D eigenvalue weighted by molar-refractivity contribution is 0.342. The molecule has 0 aliphatic heterocycles. The van der Waals surface area contributed by atoms with E-state index in [9.17, 15) is 4.91 Å². The van der Waals surface area contributed by atoms with E-state index < -0.39 is 0 Å². The molecule has 0 rings (SSSR count). The third-order valence-electron chi connectivity index (χ3n) is 0.911. The van der Waals surface area contributed by atoms with E-state index in [1.54, 1.807) is 0 Å². The fourth-order valence-electron chi connectivity index (χ4n) is 0.427. The maximum atomic E-state index is 9.93. The largest absolute Gasteiger partial charge is 0.508 e. The van der Waals surface area contributed by atoms with E-state index in [2.05, 4.69) is 11.8 Å². The molecule has 0 spiro atoms. The van der Waals surface area contributed by atoms with Crippen molar-refractivity contribution in [2.45, 2.75) is 0 Å². The number of allylic oxidation sites excluding steroid dienone is 2. The normalized spacial score (nSPS) is 12.8. The van der Waals surface area contributed by atoms with Crippen molar-refractivity contribution in [1.29, 1.82) is 0 Å². The monoisotopic (exact) mass is 155 g/mol. The maximum Gasteiger partial charge on any atom is 0.117 e. The average Bonchev–Trinajstić information content (AvgIpc) is 2.03. The summed E-state index contributed by atoms with van der Waals surface area (Å²) >= 11 is 0. The van der Waals surface area contributed by atoms with Crippen molar-refractivity contribution >= 4 is 0 Å². The number of rotatable bonds is 4. The lowest BCUT2D eigenvalue weighted by Crippen LogP contribution is -1.80. The van der Waals surface area contributed by atoms with Crippen molar-refractivity contribution < 1.29 is 10.2 Å². The predicted molar refractivity (Wildman–Crippen MR) is 41.9 cm³/mol. The van der Waals surface area contributed by atoms with Crippen molar-refractivity contribution in [1.82, 2.24) is 0 Å². The Kier molecular flexibility index (Phi) is 4.68. The zero-order valence-electron chi connectivity index (χ0n) is 5.90. The minimum absolute atomic E-state index is 0.0232. The maximum absolute atomic E-state index is 9.93. The summed E-state index contributed by atoms with van der Waals surface area (Å²) in [7, 11) is 0. The van der Waals surface area contributed by atoms with Crippen LogP contribution in [0.5, 0.6) is 0 Å². The Morgan fingerprint density at radius 1 is 1.64 bits per heavy atom. The molecule has 0 atom stereocenters. The Morgan fingerprint density at radius 2 is 2.27 bits per heavy atom. The van der Waals surface area contributed by atoms with Crippen LogP contribution in [-0.2, 0) is 0 Å².